The molecule has 2 aliphatic rings. The first-order valence-corrected chi connectivity index (χ1v) is 7.56. The third-order valence-electron chi connectivity index (χ3n) is 4.15. The molecule has 1 N–H and O–H groups in total. The Kier molecular flexibility index (Phi) is 2.88. The van der Waals surface area contributed by atoms with Gasteiger partial charge >= 0.3 is 0 Å². The van der Waals surface area contributed by atoms with Gasteiger partial charge in [0.25, 0.3) is 0 Å². The minimum Gasteiger partial charge on any atom is -0.363 e. The van der Waals surface area contributed by atoms with Gasteiger partial charge in [-0.15, -0.1) is 0 Å². The summed E-state index contributed by atoms with van der Waals surface area (Å²) in [6, 6.07) is 8.42. The molecular weight excluding hydrogens is 270 g/mol. The van der Waals surface area contributed by atoms with E-state index in [1.807, 2.05) is 24.4 Å². The molecule has 0 bridgehead atoms. The molecule has 0 saturated heterocycles. The Bertz CT molecular complexity index is 652. The molecule has 4 rings (SSSR count). The smallest absolute Gasteiger partial charge is 0.133 e. The number of hydrogen-bond donors (Lipinski definition) is 1. The van der Waals surface area contributed by atoms with Crippen molar-refractivity contribution in [3.63, 3.8) is 0 Å². The van der Waals surface area contributed by atoms with E-state index in [1.165, 1.54) is 24.0 Å². The fourth-order valence-corrected chi connectivity index (χ4v) is 3.21. The van der Waals surface area contributed by atoms with Gasteiger partial charge < -0.3 is 5.32 Å². The standard InChI is InChI=1S/C16H16ClN3/c17-13-3-1-2-12-11(13)6-7-14(12)19-15-8-9-18-16(20-15)10-4-5-10/h1-3,8-10,14H,4-7H2,(H,18,19,20). The highest BCUT2D eigenvalue weighted by molar-refractivity contribution is 6.31. The average Bonchev–Trinajstić information content (AvgIpc) is 3.23. The van der Waals surface area contributed by atoms with Crippen LogP contribution in [0.25, 0.3) is 0 Å². The maximum Gasteiger partial charge on any atom is 0.133 e. The van der Waals surface area contributed by atoms with E-state index in [0.717, 1.165) is 29.5 Å². The minimum atomic E-state index is 0.311. The molecule has 1 unspecified atom stereocenters. The molecule has 1 heterocycles. The van der Waals surface area contributed by atoms with Crippen molar-refractivity contribution in [2.24, 2.45) is 0 Å². The van der Waals surface area contributed by atoms with Crippen molar-refractivity contribution < 1.29 is 0 Å². The first kappa shape index (κ1) is 12.2. The van der Waals surface area contributed by atoms with Crippen LogP contribution in [0.1, 0.15) is 48.2 Å². The van der Waals surface area contributed by atoms with Crippen molar-refractivity contribution in [3.8, 4) is 0 Å². The van der Waals surface area contributed by atoms with Gasteiger partial charge in [0, 0.05) is 17.1 Å². The van der Waals surface area contributed by atoms with Gasteiger partial charge in [0.05, 0.1) is 6.04 Å². The lowest BCUT2D eigenvalue weighted by molar-refractivity contribution is 0.753. The summed E-state index contributed by atoms with van der Waals surface area (Å²) in [5.41, 5.74) is 2.59. The lowest BCUT2D eigenvalue weighted by Crippen LogP contribution is -2.09. The quantitative estimate of drug-likeness (QED) is 0.922. The number of benzene rings is 1. The van der Waals surface area contributed by atoms with Gasteiger partial charge in [0.1, 0.15) is 11.6 Å². The fourth-order valence-electron chi connectivity index (χ4n) is 2.93. The summed E-state index contributed by atoms with van der Waals surface area (Å²) in [5, 5.41) is 4.42. The molecule has 1 saturated carbocycles. The summed E-state index contributed by atoms with van der Waals surface area (Å²) in [6.45, 7) is 0. The molecule has 2 aromatic rings. The van der Waals surface area contributed by atoms with Gasteiger partial charge in [0.15, 0.2) is 0 Å². The van der Waals surface area contributed by atoms with E-state index < -0.39 is 0 Å². The molecule has 0 amide bonds. The predicted octanol–water partition coefficient (Wildman–Crippen LogP) is 4.11. The number of anilines is 1. The third-order valence-corrected chi connectivity index (χ3v) is 4.51. The zero-order valence-electron chi connectivity index (χ0n) is 11.1. The second-order valence-electron chi connectivity index (χ2n) is 5.62. The van der Waals surface area contributed by atoms with Gasteiger partial charge in [-0.1, -0.05) is 23.7 Å². The van der Waals surface area contributed by atoms with Crippen LogP contribution in [0.15, 0.2) is 30.5 Å². The van der Waals surface area contributed by atoms with Crippen molar-refractivity contribution in [2.45, 2.75) is 37.6 Å². The number of fused-ring (bicyclic) bond motifs is 1. The van der Waals surface area contributed by atoms with E-state index in [1.54, 1.807) is 0 Å². The van der Waals surface area contributed by atoms with Crippen LogP contribution in [-0.4, -0.2) is 9.97 Å². The van der Waals surface area contributed by atoms with Crippen molar-refractivity contribution in [1.29, 1.82) is 0 Å². The van der Waals surface area contributed by atoms with E-state index >= 15 is 0 Å². The van der Waals surface area contributed by atoms with Gasteiger partial charge in [-0.25, -0.2) is 9.97 Å². The predicted molar refractivity (Wildman–Crippen MR) is 80.1 cm³/mol. The Hall–Kier alpha value is -1.61. The summed E-state index contributed by atoms with van der Waals surface area (Å²) < 4.78 is 0. The summed E-state index contributed by atoms with van der Waals surface area (Å²) in [6.07, 6.45) is 6.42. The third kappa shape index (κ3) is 2.16. The topological polar surface area (TPSA) is 37.8 Å². The molecule has 3 nitrogen and oxygen atoms in total. The second-order valence-corrected chi connectivity index (χ2v) is 6.02. The summed E-state index contributed by atoms with van der Waals surface area (Å²) >= 11 is 6.26. The van der Waals surface area contributed by atoms with Crippen molar-refractivity contribution >= 4 is 17.4 Å². The number of nitrogens with zero attached hydrogens (tertiary/aromatic N) is 2. The number of aromatic nitrogens is 2. The van der Waals surface area contributed by atoms with Gasteiger partial charge in [0.2, 0.25) is 0 Å². The monoisotopic (exact) mass is 285 g/mol. The van der Waals surface area contributed by atoms with E-state index in [0.29, 0.717) is 12.0 Å². The van der Waals surface area contributed by atoms with E-state index in [2.05, 4.69) is 21.4 Å². The first-order valence-electron chi connectivity index (χ1n) is 7.18. The Morgan fingerprint density at radius 3 is 2.90 bits per heavy atom. The van der Waals surface area contributed by atoms with E-state index in [4.69, 9.17) is 11.6 Å². The minimum absolute atomic E-state index is 0.311. The summed E-state index contributed by atoms with van der Waals surface area (Å²) in [7, 11) is 0. The zero-order chi connectivity index (χ0) is 13.5. The van der Waals surface area contributed by atoms with Crippen LogP contribution in [0.2, 0.25) is 5.02 Å². The Labute approximate surface area is 123 Å². The molecule has 1 aromatic carbocycles. The number of nitrogens with one attached hydrogen (secondary N) is 1. The molecule has 20 heavy (non-hydrogen) atoms. The van der Waals surface area contributed by atoms with Gasteiger partial charge in [-0.05, 0) is 48.9 Å². The average molecular weight is 286 g/mol. The number of halogens is 1. The van der Waals surface area contributed by atoms with Crippen molar-refractivity contribution in [3.05, 3.63) is 52.4 Å². The van der Waals surface area contributed by atoms with Crippen LogP contribution in [0.4, 0.5) is 5.82 Å². The summed E-state index contributed by atoms with van der Waals surface area (Å²) in [4.78, 5) is 9.00. The van der Waals surface area contributed by atoms with Crippen LogP contribution in [0.5, 0.6) is 0 Å². The largest absolute Gasteiger partial charge is 0.363 e. The molecule has 0 radical (unpaired) electrons. The number of rotatable bonds is 3. The Morgan fingerprint density at radius 2 is 2.05 bits per heavy atom. The van der Waals surface area contributed by atoms with Gasteiger partial charge in [-0.3, -0.25) is 0 Å². The molecule has 0 spiro atoms. The van der Waals surface area contributed by atoms with E-state index in [-0.39, 0.29) is 0 Å². The lowest BCUT2D eigenvalue weighted by atomic mass is 10.1. The van der Waals surface area contributed by atoms with Crippen LogP contribution in [-0.2, 0) is 6.42 Å². The SMILES string of the molecule is Clc1cccc2c1CCC2Nc1ccnc(C2CC2)n1. The highest BCUT2D eigenvalue weighted by atomic mass is 35.5. The molecule has 0 aliphatic heterocycles. The highest BCUT2D eigenvalue weighted by Crippen LogP contribution is 2.39. The Balaban J connectivity index is 1.59. The van der Waals surface area contributed by atoms with Crippen LogP contribution >= 0.6 is 11.6 Å². The van der Waals surface area contributed by atoms with Crippen LogP contribution in [0.3, 0.4) is 0 Å². The molecule has 1 atom stereocenters. The zero-order valence-corrected chi connectivity index (χ0v) is 11.9. The van der Waals surface area contributed by atoms with Crippen molar-refractivity contribution in [1.82, 2.24) is 9.97 Å². The maximum absolute atomic E-state index is 6.26. The molecule has 1 fully saturated rings. The normalized spacial score (nSPS) is 20.8. The Morgan fingerprint density at radius 1 is 1.15 bits per heavy atom. The molecule has 4 heteroatoms. The molecular formula is C16H16ClN3. The molecule has 1 aromatic heterocycles. The molecule has 102 valence electrons. The number of hydrogen-bond acceptors (Lipinski definition) is 3. The van der Waals surface area contributed by atoms with Gasteiger partial charge in [-0.2, -0.15) is 0 Å². The fraction of sp³-hybridized carbons (Fsp3) is 0.375. The summed E-state index contributed by atoms with van der Waals surface area (Å²) in [5.74, 6) is 2.50. The lowest BCUT2D eigenvalue weighted by Gasteiger charge is -2.15. The first-order chi connectivity index (χ1) is 9.81. The van der Waals surface area contributed by atoms with Crippen molar-refractivity contribution in [2.75, 3.05) is 5.32 Å². The van der Waals surface area contributed by atoms with Crippen LogP contribution < -0.4 is 5.32 Å². The highest BCUT2D eigenvalue weighted by Gasteiger charge is 2.28. The van der Waals surface area contributed by atoms with Crippen LogP contribution in [0, 0.1) is 0 Å². The van der Waals surface area contributed by atoms with E-state index in [9.17, 15) is 0 Å². The maximum atomic E-state index is 6.26. The second kappa shape index (κ2) is 4.74. The molecule has 2 aliphatic carbocycles.